The highest BCUT2D eigenvalue weighted by Crippen LogP contribution is 2.12. The van der Waals surface area contributed by atoms with Crippen LogP contribution in [0.4, 0.5) is 4.79 Å². The van der Waals surface area contributed by atoms with Crippen molar-refractivity contribution in [3.8, 4) is 0 Å². The van der Waals surface area contributed by atoms with Gasteiger partial charge in [0.1, 0.15) is 0 Å². The summed E-state index contributed by atoms with van der Waals surface area (Å²) in [5, 5.41) is 25.2. The summed E-state index contributed by atoms with van der Waals surface area (Å²) in [5.74, 6) is -1.66. The van der Waals surface area contributed by atoms with Crippen molar-refractivity contribution in [2.24, 2.45) is 5.41 Å². The number of rotatable bonds is 6. The highest BCUT2D eigenvalue weighted by Gasteiger charge is 2.31. The van der Waals surface area contributed by atoms with Crippen LogP contribution in [0.2, 0.25) is 0 Å². The van der Waals surface area contributed by atoms with E-state index in [4.69, 9.17) is 5.11 Å². The monoisotopic (exact) mass is 275 g/mol. The fourth-order valence-corrected chi connectivity index (χ4v) is 1.11. The van der Waals surface area contributed by atoms with E-state index in [-0.39, 0.29) is 12.5 Å². The van der Waals surface area contributed by atoms with Gasteiger partial charge in [-0.1, -0.05) is 0 Å². The van der Waals surface area contributed by atoms with Crippen molar-refractivity contribution in [3.05, 3.63) is 0 Å². The fourth-order valence-electron chi connectivity index (χ4n) is 1.11. The molecule has 5 N–H and O–H groups in total. The fraction of sp³-hybridized carbons (Fsp3) is 0.727. The second kappa shape index (κ2) is 6.37. The normalized spacial score (nSPS) is 14.2. The number of carboxylic acid groups (broad SMARTS) is 1. The molecule has 0 aliphatic rings. The summed E-state index contributed by atoms with van der Waals surface area (Å²) in [5.41, 5.74) is -2.82. The molecule has 0 fully saturated rings. The number of nitrogens with one attached hydrogen (secondary N) is 3. The quantitative estimate of drug-likeness (QED) is 0.420. The summed E-state index contributed by atoms with van der Waals surface area (Å²) in [6.45, 7) is 4.02. The van der Waals surface area contributed by atoms with Crippen molar-refractivity contribution in [1.29, 1.82) is 0 Å². The van der Waals surface area contributed by atoms with E-state index in [0.29, 0.717) is 0 Å². The largest absolute Gasteiger partial charge is 0.479 e. The van der Waals surface area contributed by atoms with Crippen LogP contribution in [0, 0.1) is 5.41 Å². The first-order valence-electron chi connectivity index (χ1n) is 5.72. The second-order valence-corrected chi connectivity index (χ2v) is 5.08. The molecule has 0 aliphatic carbocycles. The number of amides is 3. The van der Waals surface area contributed by atoms with E-state index in [1.807, 2.05) is 0 Å². The van der Waals surface area contributed by atoms with E-state index in [2.05, 4.69) is 16.0 Å². The van der Waals surface area contributed by atoms with Crippen LogP contribution < -0.4 is 16.0 Å². The predicted octanol–water partition coefficient (Wildman–Crippen LogP) is -1.11. The molecule has 1 unspecified atom stereocenters. The Morgan fingerprint density at radius 3 is 1.95 bits per heavy atom. The zero-order chi connectivity index (χ0) is 15.3. The van der Waals surface area contributed by atoms with Crippen LogP contribution in [0.1, 0.15) is 20.8 Å². The number of urea groups is 1. The molecule has 0 saturated carbocycles. The molecule has 0 aliphatic heterocycles. The Bertz CT molecular complexity index is 365. The van der Waals surface area contributed by atoms with Gasteiger partial charge in [0.15, 0.2) is 5.60 Å². The van der Waals surface area contributed by atoms with E-state index >= 15 is 0 Å². The molecule has 1 atom stereocenters. The summed E-state index contributed by atoms with van der Waals surface area (Å²) in [7, 11) is 1.49. The predicted molar refractivity (Wildman–Crippen MR) is 67.5 cm³/mol. The van der Waals surface area contributed by atoms with Gasteiger partial charge in [0, 0.05) is 13.6 Å². The number of carbonyl (C=O) groups excluding carboxylic acids is 2. The van der Waals surface area contributed by atoms with Gasteiger partial charge < -0.3 is 26.2 Å². The summed E-state index contributed by atoms with van der Waals surface area (Å²) in [6, 6.07) is -0.654. The molecule has 0 aromatic rings. The van der Waals surface area contributed by atoms with E-state index in [1.54, 1.807) is 13.8 Å². The first-order valence-corrected chi connectivity index (χ1v) is 5.72. The van der Waals surface area contributed by atoms with Crippen LogP contribution in [-0.4, -0.2) is 53.9 Å². The average molecular weight is 275 g/mol. The van der Waals surface area contributed by atoms with E-state index in [9.17, 15) is 19.5 Å². The third-order valence-corrected chi connectivity index (χ3v) is 2.59. The van der Waals surface area contributed by atoms with Crippen molar-refractivity contribution in [2.45, 2.75) is 26.4 Å². The average Bonchev–Trinajstić information content (AvgIpc) is 2.32. The van der Waals surface area contributed by atoms with Gasteiger partial charge in [-0.05, 0) is 20.8 Å². The maximum absolute atomic E-state index is 11.5. The standard InChI is InChI=1S/C11H21N3O5/c1-10(2,7(15)12-4)5-13-9(18)14-6-11(3,19)8(16)17/h19H,5-6H2,1-4H3,(H,12,15)(H,16,17)(H2,13,14,18). The molecule has 110 valence electrons. The second-order valence-electron chi connectivity index (χ2n) is 5.08. The molecule has 8 heteroatoms. The number of carboxylic acids is 1. The third-order valence-electron chi connectivity index (χ3n) is 2.59. The summed E-state index contributed by atoms with van der Waals surface area (Å²) < 4.78 is 0. The Hall–Kier alpha value is -1.83. The van der Waals surface area contributed by atoms with Gasteiger partial charge in [-0.25, -0.2) is 9.59 Å². The Labute approximate surface area is 111 Å². The summed E-state index contributed by atoms with van der Waals surface area (Å²) >= 11 is 0. The Morgan fingerprint density at radius 1 is 1.05 bits per heavy atom. The Morgan fingerprint density at radius 2 is 1.53 bits per heavy atom. The van der Waals surface area contributed by atoms with Crippen molar-refractivity contribution in [3.63, 3.8) is 0 Å². The minimum absolute atomic E-state index is 0.0771. The van der Waals surface area contributed by atoms with Crippen LogP contribution in [0.15, 0.2) is 0 Å². The number of aliphatic hydroxyl groups is 1. The van der Waals surface area contributed by atoms with Gasteiger partial charge in [0.05, 0.1) is 12.0 Å². The molecular weight excluding hydrogens is 254 g/mol. The van der Waals surface area contributed by atoms with Gasteiger partial charge in [-0.2, -0.15) is 0 Å². The van der Waals surface area contributed by atoms with Crippen LogP contribution in [0.3, 0.4) is 0 Å². The summed E-state index contributed by atoms with van der Waals surface area (Å²) in [4.78, 5) is 33.5. The van der Waals surface area contributed by atoms with Crippen LogP contribution in [0.25, 0.3) is 0 Å². The molecular formula is C11H21N3O5. The molecule has 0 radical (unpaired) electrons. The Kier molecular flexibility index (Phi) is 5.76. The smallest absolute Gasteiger partial charge is 0.337 e. The highest BCUT2D eigenvalue weighted by molar-refractivity contribution is 5.83. The number of carbonyl (C=O) groups is 3. The Balaban J connectivity index is 4.21. The number of aliphatic carboxylic acids is 1. The molecule has 0 heterocycles. The lowest BCUT2D eigenvalue weighted by molar-refractivity contribution is -0.155. The molecule has 8 nitrogen and oxygen atoms in total. The number of hydrogen-bond acceptors (Lipinski definition) is 4. The van der Waals surface area contributed by atoms with Crippen LogP contribution in [-0.2, 0) is 9.59 Å². The van der Waals surface area contributed by atoms with Crippen molar-refractivity contribution in [2.75, 3.05) is 20.1 Å². The van der Waals surface area contributed by atoms with Gasteiger partial charge in [0.2, 0.25) is 5.91 Å². The zero-order valence-corrected chi connectivity index (χ0v) is 11.5. The third kappa shape index (κ3) is 5.56. The minimum atomic E-state index is -2.03. The lowest BCUT2D eigenvalue weighted by atomic mass is 9.92. The molecule has 19 heavy (non-hydrogen) atoms. The van der Waals surface area contributed by atoms with Crippen molar-refractivity contribution in [1.82, 2.24) is 16.0 Å². The summed E-state index contributed by atoms with van der Waals surface area (Å²) in [6.07, 6.45) is 0. The first-order chi connectivity index (χ1) is 8.53. The van der Waals surface area contributed by atoms with Gasteiger partial charge >= 0.3 is 12.0 Å². The minimum Gasteiger partial charge on any atom is -0.479 e. The van der Waals surface area contributed by atoms with Gasteiger partial charge in [0.25, 0.3) is 0 Å². The van der Waals surface area contributed by atoms with Crippen molar-refractivity contribution < 1.29 is 24.6 Å². The first kappa shape index (κ1) is 17.2. The number of hydrogen-bond donors (Lipinski definition) is 5. The molecule has 0 bridgehead atoms. The molecule has 0 rings (SSSR count). The maximum Gasteiger partial charge on any atom is 0.337 e. The topological polar surface area (TPSA) is 128 Å². The van der Waals surface area contributed by atoms with Gasteiger partial charge in [-0.15, -0.1) is 0 Å². The van der Waals surface area contributed by atoms with E-state index < -0.39 is 29.6 Å². The molecule has 0 aromatic carbocycles. The maximum atomic E-state index is 11.5. The van der Waals surface area contributed by atoms with Crippen molar-refractivity contribution >= 4 is 17.9 Å². The van der Waals surface area contributed by atoms with Gasteiger partial charge in [-0.3, -0.25) is 4.79 Å². The van der Waals surface area contributed by atoms with Crippen LogP contribution >= 0.6 is 0 Å². The SMILES string of the molecule is CNC(=O)C(C)(C)CNC(=O)NCC(C)(O)C(=O)O. The molecule has 0 aromatic heterocycles. The molecule has 3 amide bonds. The van der Waals surface area contributed by atoms with E-state index in [1.165, 1.54) is 7.05 Å². The zero-order valence-electron chi connectivity index (χ0n) is 11.5. The lowest BCUT2D eigenvalue weighted by Crippen LogP contribution is -2.51. The highest BCUT2D eigenvalue weighted by atomic mass is 16.4. The van der Waals surface area contributed by atoms with E-state index in [0.717, 1.165) is 6.92 Å². The molecule has 0 spiro atoms. The molecule has 0 saturated heterocycles. The van der Waals surface area contributed by atoms with Crippen LogP contribution in [0.5, 0.6) is 0 Å². The lowest BCUT2D eigenvalue weighted by Gasteiger charge is -2.23.